The molecule has 17 heavy (non-hydrogen) atoms. The Morgan fingerprint density at radius 2 is 2.06 bits per heavy atom. The van der Waals surface area contributed by atoms with Crippen LogP contribution in [0, 0.1) is 5.92 Å². The van der Waals surface area contributed by atoms with Gasteiger partial charge in [0.25, 0.3) is 0 Å². The van der Waals surface area contributed by atoms with Crippen LogP contribution in [0.5, 0.6) is 5.75 Å². The third-order valence-corrected chi connectivity index (χ3v) is 3.86. The Labute approximate surface area is 103 Å². The third-order valence-electron chi connectivity index (χ3n) is 3.86. The van der Waals surface area contributed by atoms with Crippen molar-refractivity contribution in [1.82, 2.24) is 0 Å². The van der Waals surface area contributed by atoms with E-state index in [1.807, 2.05) is 18.2 Å². The number of hydrogen-bond acceptors (Lipinski definition) is 2. The largest absolute Gasteiger partial charge is 0.496 e. The normalized spacial score (nSPS) is 17.9. The van der Waals surface area contributed by atoms with Crippen molar-refractivity contribution in [1.29, 1.82) is 0 Å². The molecule has 0 N–H and O–H groups in total. The highest BCUT2D eigenvalue weighted by molar-refractivity contribution is 5.53. The van der Waals surface area contributed by atoms with Gasteiger partial charge in [-0.3, -0.25) is 0 Å². The first-order valence-corrected chi connectivity index (χ1v) is 6.43. The van der Waals surface area contributed by atoms with Crippen molar-refractivity contribution in [3.05, 3.63) is 29.8 Å². The molecule has 0 aromatic heterocycles. The van der Waals surface area contributed by atoms with Crippen LogP contribution < -0.4 is 4.74 Å². The fourth-order valence-electron chi connectivity index (χ4n) is 3.01. The SMILES string of the molecule is COc1ccccc1C(CC=O)C1CCCC1. The van der Waals surface area contributed by atoms with E-state index in [9.17, 15) is 4.79 Å². The zero-order chi connectivity index (χ0) is 12.1. The van der Waals surface area contributed by atoms with Crippen molar-refractivity contribution in [2.45, 2.75) is 38.0 Å². The van der Waals surface area contributed by atoms with E-state index in [-0.39, 0.29) is 0 Å². The Bertz CT molecular complexity index is 367. The minimum atomic E-state index is 0.339. The molecule has 1 unspecified atom stereocenters. The van der Waals surface area contributed by atoms with Crippen LogP contribution >= 0.6 is 0 Å². The van der Waals surface area contributed by atoms with Crippen LogP contribution in [0.15, 0.2) is 24.3 Å². The first-order valence-electron chi connectivity index (χ1n) is 6.43. The summed E-state index contributed by atoms with van der Waals surface area (Å²) in [4.78, 5) is 10.9. The van der Waals surface area contributed by atoms with Gasteiger partial charge in [0.15, 0.2) is 0 Å². The molecule has 1 atom stereocenters. The molecule has 0 bridgehead atoms. The summed E-state index contributed by atoms with van der Waals surface area (Å²) in [6, 6.07) is 8.10. The monoisotopic (exact) mass is 232 g/mol. The highest BCUT2D eigenvalue weighted by Gasteiger charge is 2.27. The van der Waals surface area contributed by atoms with Gasteiger partial charge in [-0.25, -0.2) is 0 Å². The molecule has 2 heteroatoms. The Morgan fingerprint density at radius 3 is 2.71 bits per heavy atom. The standard InChI is InChI=1S/C15H20O2/c1-17-15-9-5-4-8-14(15)13(10-11-16)12-6-2-3-7-12/h4-5,8-9,11-13H,2-3,6-7,10H2,1H3. The van der Waals surface area contributed by atoms with Gasteiger partial charge in [0.2, 0.25) is 0 Å². The molecule has 0 spiro atoms. The summed E-state index contributed by atoms with van der Waals surface area (Å²) < 4.78 is 5.42. The molecule has 0 saturated heterocycles. The van der Waals surface area contributed by atoms with Gasteiger partial charge in [-0.2, -0.15) is 0 Å². The summed E-state index contributed by atoms with van der Waals surface area (Å²) in [5, 5.41) is 0. The zero-order valence-corrected chi connectivity index (χ0v) is 10.4. The number of hydrogen-bond donors (Lipinski definition) is 0. The second kappa shape index (κ2) is 5.85. The van der Waals surface area contributed by atoms with Gasteiger partial charge in [-0.05, 0) is 36.3 Å². The fourth-order valence-corrected chi connectivity index (χ4v) is 3.01. The number of aldehydes is 1. The molecule has 1 saturated carbocycles. The summed E-state index contributed by atoms with van der Waals surface area (Å²) in [6.45, 7) is 0. The number of carbonyl (C=O) groups excluding carboxylic acids is 1. The number of rotatable bonds is 5. The molecule has 0 heterocycles. The van der Waals surface area contributed by atoms with Crippen LogP contribution in [-0.2, 0) is 4.79 Å². The second-order valence-electron chi connectivity index (χ2n) is 4.80. The summed E-state index contributed by atoms with van der Waals surface area (Å²) in [5.41, 5.74) is 1.20. The van der Waals surface area contributed by atoms with E-state index < -0.39 is 0 Å². The van der Waals surface area contributed by atoms with Crippen LogP contribution in [-0.4, -0.2) is 13.4 Å². The molecular formula is C15H20O2. The number of methoxy groups -OCH3 is 1. The lowest BCUT2D eigenvalue weighted by Crippen LogP contribution is -2.11. The quantitative estimate of drug-likeness (QED) is 0.726. The second-order valence-corrected chi connectivity index (χ2v) is 4.80. The highest BCUT2D eigenvalue weighted by Crippen LogP contribution is 2.41. The van der Waals surface area contributed by atoms with Gasteiger partial charge in [-0.1, -0.05) is 31.0 Å². The molecule has 1 aromatic carbocycles. The van der Waals surface area contributed by atoms with Crippen molar-refractivity contribution < 1.29 is 9.53 Å². The maximum absolute atomic E-state index is 10.9. The number of ether oxygens (including phenoxy) is 1. The molecule has 2 rings (SSSR count). The highest BCUT2D eigenvalue weighted by atomic mass is 16.5. The molecule has 1 aliphatic rings. The summed E-state index contributed by atoms with van der Waals surface area (Å²) in [7, 11) is 1.70. The van der Waals surface area contributed by atoms with Crippen LogP contribution in [0.3, 0.4) is 0 Å². The number of carbonyl (C=O) groups is 1. The molecule has 1 fully saturated rings. The van der Waals surface area contributed by atoms with Gasteiger partial charge >= 0.3 is 0 Å². The van der Waals surface area contributed by atoms with Crippen LogP contribution in [0.4, 0.5) is 0 Å². The van der Waals surface area contributed by atoms with Gasteiger partial charge < -0.3 is 9.53 Å². The number of benzene rings is 1. The van der Waals surface area contributed by atoms with E-state index in [4.69, 9.17) is 4.74 Å². The lowest BCUT2D eigenvalue weighted by atomic mass is 9.82. The van der Waals surface area contributed by atoms with Crippen LogP contribution in [0.25, 0.3) is 0 Å². The third kappa shape index (κ3) is 2.68. The van der Waals surface area contributed by atoms with Crippen molar-refractivity contribution in [3.63, 3.8) is 0 Å². The first kappa shape index (κ1) is 12.2. The molecule has 0 aliphatic heterocycles. The van der Waals surface area contributed by atoms with Crippen molar-refractivity contribution in [3.8, 4) is 5.75 Å². The Hall–Kier alpha value is -1.31. The molecule has 1 aromatic rings. The molecule has 92 valence electrons. The zero-order valence-electron chi connectivity index (χ0n) is 10.4. The van der Waals surface area contributed by atoms with Gasteiger partial charge in [0.05, 0.1) is 7.11 Å². The minimum Gasteiger partial charge on any atom is -0.496 e. The summed E-state index contributed by atoms with van der Waals surface area (Å²) in [6.07, 6.45) is 6.76. The molecule has 0 radical (unpaired) electrons. The van der Waals surface area contributed by atoms with Crippen molar-refractivity contribution in [2.24, 2.45) is 5.92 Å². The topological polar surface area (TPSA) is 26.3 Å². The predicted octanol–water partition coefficient (Wildman–Crippen LogP) is 3.56. The predicted molar refractivity (Wildman–Crippen MR) is 68.4 cm³/mol. The average Bonchev–Trinajstić information content (AvgIpc) is 2.89. The van der Waals surface area contributed by atoms with Crippen molar-refractivity contribution >= 4 is 6.29 Å². The Balaban J connectivity index is 2.27. The van der Waals surface area contributed by atoms with Crippen LogP contribution in [0.1, 0.15) is 43.6 Å². The fraction of sp³-hybridized carbons (Fsp3) is 0.533. The van der Waals surface area contributed by atoms with Gasteiger partial charge in [0, 0.05) is 6.42 Å². The maximum Gasteiger partial charge on any atom is 0.122 e. The van der Waals surface area contributed by atoms with E-state index in [0.29, 0.717) is 18.3 Å². The lowest BCUT2D eigenvalue weighted by molar-refractivity contribution is -0.108. The van der Waals surface area contributed by atoms with E-state index in [1.165, 1.54) is 31.2 Å². The first-order chi connectivity index (χ1) is 8.36. The maximum atomic E-state index is 10.9. The van der Waals surface area contributed by atoms with Crippen molar-refractivity contribution in [2.75, 3.05) is 7.11 Å². The molecular weight excluding hydrogens is 212 g/mol. The summed E-state index contributed by atoms with van der Waals surface area (Å²) >= 11 is 0. The Kier molecular flexibility index (Phi) is 4.18. The number of para-hydroxylation sites is 1. The lowest BCUT2D eigenvalue weighted by Gasteiger charge is -2.23. The average molecular weight is 232 g/mol. The smallest absolute Gasteiger partial charge is 0.122 e. The van der Waals surface area contributed by atoms with Gasteiger partial charge in [0.1, 0.15) is 12.0 Å². The molecule has 2 nitrogen and oxygen atoms in total. The Morgan fingerprint density at radius 1 is 1.35 bits per heavy atom. The van der Waals surface area contributed by atoms with E-state index in [2.05, 4.69) is 6.07 Å². The van der Waals surface area contributed by atoms with E-state index >= 15 is 0 Å². The van der Waals surface area contributed by atoms with Gasteiger partial charge in [-0.15, -0.1) is 0 Å². The van der Waals surface area contributed by atoms with E-state index in [0.717, 1.165) is 12.0 Å². The van der Waals surface area contributed by atoms with Crippen LogP contribution in [0.2, 0.25) is 0 Å². The molecule has 1 aliphatic carbocycles. The summed E-state index contributed by atoms with van der Waals surface area (Å²) in [5.74, 6) is 1.91. The minimum absolute atomic E-state index is 0.339. The molecule has 0 amide bonds. The van der Waals surface area contributed by atoms with E-state index in [1.54, 1.807) is 7.11 Å².